The summed E-state index contributed by atoms with van der Waals surface area (Å²) < 4.78 is 5.22. The normalized spacial score (nSPS) is 21.1. The molecule has 3 aromatic rings. The minimum atomic E-state index is -0.870. The molecule has 0 bridgehead atoms. The standard InChI is InChI=1S/C21H19NO4S2/c1-11-3-5-12(6-4-11)15-16(20(23)24)17(13-7-9-14(26-2)10-8-13)27-19-18(15)28-21(25)22-19/h3-10,15-17H,1-2H3,(H,22,25)(H,23,24). The zero-order valence-electron chi connectivity index (χ0n) is 15.3. The molecule has 3 unspecified atom stereocenters. The van der Waals surface area contributed by atoms with Gasteiger partial charge in [-0.1, -0.05) is 65.1 Å². The first kappa shape index (κ1) is 18.8. The van der Waals surface area contributed by atoms with Gasteiger partial charge in [-0.3, -0.25) is 9.59 Å². The van der Waals surface area contributed by atoms with Crippen molar-refractivity contribution in [2.75, 3.05) is 7.11 Å². The van der Waals surface area contributed by atoms with Crippen LogP contribution in [0.3, 0.4) is 0 Å². The number of methoxy groups -OCH3 is 1. The molecule has 2 N–H and O–H groups in total. The molecular weight excluding hydrogens is 394 g/mol. The number of carbonyl (C=O) groups is 1. The van der Waals surface area contributed by atoms with Gasteiger partial charge in [-0.25, -0.2) is 0 Å². The molecule has 1 aliphatic rings. The SMILES string of the molecule is COc1ccc(C2Sc3[nH]c(=O)sc3C(c3ccc(C)cc3)C2C(=O)O)cc1. The Labute approximate surface area is 170 Å². The van der Waals surface area contributed by atoms with Crippen molar-refractivity contribution >= 4 is 29.1 Å². The molecule has 144 valence electrons. The molecule has 1 aliphatic heterocycles. The van der Waals surface area contributed by atoms with Crippen LogP contribution in [-0.4, -0.2) is 23.2 Å². The number of aryl methyl sites for hydroxylation is 1. The number of aromatic amines is 1. The second-order valence-electron chi connectivity index (χ2n) is 6.77. The highest BCUT2D eigenvalue weighted by Gasteiger charge is 2.45. The number of carboxylic acid groups (broad SMARTS) is 1. The fourth-order valence-corrected chi connectivity index (χ4v) is 6.23. The molecule has 4 rings (SSSR count). The van der Waals surface area contributed by atoms with Crippen LogP contribution in [-0.2, 0) is 4.79 Å². The van der Waals surface area contributed by atoms with E-state index < -0.39 is 11.9 Å². The molecule has 28 heavy (non-hydrogen) atoms. The van der Waals surface area contributed by atoms with Gasteiger partial charge in [0.15, 0.2) is 0 Å². The Bertz CT molecular complexity index is 1050. The molecular formula is C21H19NO4S2. The van der Waals surface area contributed by atoms with Gasteiger partial charge < -0.3 is 14.8 Å². The Hall–Kier alpha value is -2.51. The van der Waals surface area contributed by atoms with E-state index in [0.717, 1.165) is 43.7 Å². The van der Waals surface area contributed by atoms with Gasteiger partial charge in [0.25, 0.3) is 0 Å². The van der Waals surface area contributed by atoms with Crippen LogP contribution in [0.2, 0.25) is 0 Å². The van der Waals surface area contributed by atoms with E-state index >= 15 is 0 Å². The average Bonchev–Trinajstić information content (AvgIpc) is 3.07. The summed E-state index contributed by atoms with van der Waals surface area (Å²) in [5, 5.41) is 10.6. The van der Waals surface area contributed by atoms with Crippen molar-refractivity contribution in [2.45, 2.75) is 23.1 Å². The van der Waals surface area contributed by atoms with Crippen LogP contribution >= 0.6 is 23.1 Å². The largest absolute Gasteiger partial charge is 0.497 e. The van der Waals surface area contributed by atoms with Crippen molar-refractivity contribution < 1.29 is 14.6 Å². The van der Waals surface area contributed by atoms with Gasteiger partial charge in [0, 0.05) is 10.8 Å². The molecule has 1 aromatic heterocycles. The van der Waals surface area contributed by atoms with Crippen molar-refractivity contribution in [2.24, 2.45) is 5.92 Å². The van der Waals surface area contributed by atoms with Gasteiger partial charge in [-0.05, 0) is 30.2 Å². The number of aromatic nitrogens is 1. The number of H-pyrrole nitrogens is 1. The Morgan fingerprint density at radius 1 is 1.07 bits per heavy atom. The van der Waals surface area contributed by atoms with Crippen molar-refractivity contribution in [3.63, 3.8) is 0 Å². The van der Waals surface area contributed by atoms with Crippen LogP contribution in [0.25, 0.3) is 0 Å². The zero-order valence-corrected chi connectivity index (χ0v) is 17.0. The fraction of sp³-hybridized carbons (Fsp3) is 0.238. The van der Waals surface area contributed by atoms with Crippen LogP contribution in [0.5, 0.6) is 5.75 Å². The van der Waals surface area contributed by atoms with Crippen LogP contribution in [0.4, 0.5) is 0 Å². The van der Waals surface area contributed by atoms with Gasteiger partial charge in [-0.2, -0.15) is 0 Å². The number of ether oxygens (including phenoxy) is 1. The molecule has 0 radical (unpaired) electrons. The molecule has 0 fully saturated rings. The quantitative estimate of drug-likeness (QED) is 0.661. The highest BCUT2D eigenvalue weighted by Crippen LogP contribution is 2.55. The lowest BCUT2D eigenvalue weighted by Gasteiger charge is -2.35. The van der Waals surface area contributed by atoms with Crippen molar-refractivity contribution in [1.82, 2.24) is 4.98 Å². The molecule has 0 saturated carbocycles. The summed E-state index contributed by atoms with van der Waals surface area (Å²) >= 11 is 2.52. The Morgan fingerprint density at radius 2 is 1.71 bits per heavy atom. The number of fused-ring (bicyclic) bond motifs is 1. The van der Waals surface area contributed by atoms with Crippen LogP contribution in [0.15, 0.2) is 58.4 Å². The van der Waals surface area contributed by atoms with E-state index in [9.17, 15) is 14.7 Å². The highest BCUT2D eigenvalue weighted by molar-refractivity contribution is 7.99. The minimum Gasteiger partial charge on any atom is -0.497 e. The molecule has 0 aliphatic carbocycles. The molecule has 0 saturated heterocycles. The monoisotopic (exact) mass is 413 g/mol. The van der Waals surface area contributed by atoms with Gasteiger partial charge in [0.05, 0.1) is 23.3 Å². The minimum absolute atomic E-state index is 0.158. The molecule has 2 aromatic carbocycles. The number of thiazole rings is 1. The fourth-order valence-electron chi connectivity index (χ4n) is 3.63. The third-order valence-corrected chi connectivity index (χ3v) is 7.49. The molecule has 0 amide bonds. The second-order valence-corrected chi connectivity index (χ2v) is 8.94. The number of hydrogen-bond donors (Lipinski definition) is 2. The van der Waals surface area contributed by atoms with Gasteiger partial charge in [0.1, 0.15) is 5.75 Å². The van der Waals surface area contributed by atoms with E-state index in [0.29, 0.717) is 0 Å². The van der Waals surface area contributed by atoms with Crippen LogP contribution < -0.4 is 9.61 Å². The number of carboxylic acids is 1. The summed E-state index contributed by atoms with van der Waals surface area (Å²) in [7, 11) is 1.60. The number of benzene rings is 2. The summed E-state index contributed by atoms with van der Waals surface area (Å²) in [4.78, 5) is 28.0. The number of nitrogens with one attached hydrogen (secondary N) is 1. The smallest absolute Gasteiger partial charge is 0.308 e. The van der Waals surface area contributed by atoms with Crippen molar-refractivity contribution in [3.05, 3.63) is 79.8 Å². The molecule has 5 nitrogen and oxygen atoms in total. The summed E-state index contributed by atoms with van der Waals surface area (Å²) in [6.45, 7) is 2.00. The van der Waals surface area contributed by atoms with E-state index in [1.807, 2.05) is 55.5 Å². The average molecular weight is 414 g/mol. The number of thioether (sulfide) groups is 1. The predicted molar refractivity (Wildman–Crippen MR) is 111 cm³/mol. The summed E-state index contributed by atoms with van der Waals surface area (Å²) in [6, 6.07) is 15.3. The number of aliphatic carboxylic acids is 1. The Balaban J connectivity index is 1.87. The van der Waals surface area contributed by atoms with E-state index in [1.54, 1.807) is 7.11 Å². The first-order valence-corrected chi connectivity index (χ1v) is 10.5. The molecule has 7 heteroatoms. The van der Waals surface area contributed by atoms with Crippen LogP contribution in [0.1, 0.15) is 32.7 Å². The van der Waals surface area contributed by atoms with Gasteiger partial charge in [0.2, 0.25) is 0 Å². The summed E-state index contributed by atoms with van der Waals surface area (Å²) in [5.41, 5.74) is 2.91. The lowest BCUT2D eigenvalue weighted by atomic mass is 9.80. The highest BCUT2D eigenvalue weighted by atomic mass is 32.2. The number of hydrogen-bond acceptors (Lipinski definition) is 5. The number of rotatable bonds is 4. The molecule has 3 atom stereocenters. The Kier molecular flexibility index (Phi) is 5.03. The summed E-state index contributed by atoms with van der Waals surface area (Å²) in [5.74, 6) is -1.23. The first-order valence-electron chi connectivity index (χ1n) is 8.81. The van der Waals surface area contributed by atoms with Crippen molar-refractivity contribution in [3.8, 4) is 5.75 Å². The lowest BCUT2D eigenvalue weighted by molar-refractivity contribution is -0.142. The zero-order chi connectivity index (χ0) is 19.8. The van der Waals surface area contributed by atoms with Gasteiger partial charge in [-0.15, -0.1) is 0 Å². The topological polar surface area (TPSA) is 79.4 Å². The first-order chi connectivity index (χ1) is 13.5. The van der Waals surface area contributed by atoms with E-state index in [-0.39, 0.29) is 16.0 Å². The molecule has 2 heterocycles. The van der Waals surface area contributed by atoms with Gasteiger partial charge >= 0.3 is 10.8 Å². The van der Waals surface area contributed by atoms with E-state index in [1.165, 1.54) is 11.8 Å². The van der Waals surface area contributed by atoms with E-state index in [4.69, 9.17) is 4.74 Å². The van der Waals surface area contributed by atoms with Crippen molar-refractivity contribution in [1.29, 1.82) is 0 Å². The Morgan fingerprint density at radius 3 is 2.32 bits per heavy atom. The maximum absolute atomic E-state index is 12.4. The summed E-state index contributed by atoms with van der Waals surface area (Å²) in [6.07, 6.45) is 0. The van der Waals surface area contributed by atoms with Crippen LogP contribution in [0, 0.1) is 12.8 Å². The predicted octanol–water partition coefficient (Wildman–Crippen LogP) is 4.43. The van der Waals surface area contributed by atoms with E-state index in [2.05, 4.69) is 4.98 Å². The second kappa shape index (κ2) is 7.48. The third-order valence-electron chi connectivity index (χ3n) is 5.02. The lowest BCUT2D eigenvalue weighted by Crippen LogP contribution is -2.30. The third kappa shape index (κ3) is 3.36. The molecule has 0 spiro atoms. The maximum Gasteiger partial charge on any atom is 0.308 e. The maximum atomic E-state index is 12.4.